The molecular formula is C18H26O19. The molecule has 3 fully saturated rings. The number of aliphatic hydroxyl groups excluding tert-OH is 8. The highest BCUT2D eigenvalue weighted by molar-refractivity contribution is 5.74. The van der Waals surface area contributed by atoms with Gasteiger partial charge in [0.25, 0.3) is 0 Å². The number of ether oxygens (including phenoxy) is 5. The zero-order valence-corrected chi connectivity index (χ0v) is 18.3. The van der Waals surface area contributed by atoms with Crippen molar-refractivity contribution in [3.63, 3.8) is 0 Å². The third kappa shape index (κ3) is 5.68. The highest BCUT2D eigenvalue weighted by atomic mass is 16.8. The minimum Gasteiger partial charge on any atom is -0.479 e. The second kappa shape index (κ2) is 11.3. The number of hydrogen-bond donors (Lipinski definition) is 11. The predicted octanol–water partition coefficient (Wildman–Crippen LogP) is -7.30. The number of aliphatic hydroxyl groups is 8. The van der Waals surface area contributed by atoms with Crippen LogP contribution < -0.4 is 0 Å². The van der Waals surface area contributed by atoms with E-state index >= 15 is 0 Å². The lowest BCUT2D eigenvalue weighted by Crippen LogP contribution is -2.67. The Labute approximate surface area is 205 Å². The van der Waals surface area contributed by atoms with Gasteiger partial charge >= 0.3 is 17.9 Å². The van der Waals surface area contributed by atoms with Gasteiger partial charge in [-0.1, -0.05) is 0 Å². The molecule has 0 saturated carbocycles. The van der Waals surface area contributed by atoms with Crippen LogP contribution in [-0.4, -0.2) is 166 Å². The third-order valence-corrected chi connectivity index (χ3v) is 5.99. The fraction of sp³-hybridized carbons (Fsp3) is 0.833. The smallest absolute Gasteiger partial charge is 0.335 e. The lowest BCUT2D eigenvalue weighted by Gasteiger charge is -2.46. The molecule has 3 aliphatic rings. The van der Waals surface area contributed by atoms with E-state index in [0.717, 1.165) is 0 Å². The van der Waals surface area contributed by atoms with E-state index in [4.69, 9.17) is 24.1 Å². The Morgan fingerprint density at radius 1 is 0.459 bits per heavy atom. The monoisotopic (exact) mass is 546 g/mol. The van der Waals surface area contributed by atoms with Crippen molar-refractivity contribution in [1.29, 1.82) is 0 Å². The van der Waals surface area contributed by atoms with Gasteiger partial charge < -0.3 is 79.9 Å². The van der Waals surface area contributed by atoms with Crippen molar-refractivity contribution in [2.75, 3.05) is 0 Å². The second-order valence-electron chi connectivity index (χ2n) is 8.45. The van der Waals surface area contributed by atoms with Crippen LogP contribution in [0.25, 0.3) is 0 Å². The predicted molar refractivity (Wildman–Crippen MR) is 103 cm³/mol. The van der Waals surface area contributed by atoms with E-state index in [2.05, 4.69) is 4.74 Å². The van der Waals surface area contributed by atoms with Gasteiger partial charge in [-0.15, -0.1) is 0 Å². The van der Waals surface area contributed by atoms with Crippen LogP contribution in [0.3, 0.4) is 0 Å². The molecule has 11 N–H and O–H groups in total. The molecule has 37 heavy (non-hydrogen) atoms. The maximum atomic E-state index is 11.8. The first-order valence-corrected chi connectivity index (χ1v) is 10.6. The Hall–Kier alpha value is -2.11. The van der Waals surface area contributed by atoms with Crippen LogP contribution in [0.2, 0.25) is 0 Å². The lowest BCUT2D eigenvalue weighted by molar-refractivity contribution is -0.368. The third-order valence-electron chi connectivity index (χ3n) is 5.99. The van der Waals surface area contributed by atoms with Crippen LogP contribution in [0.5, 0.6) is 0 Å². The fourth-order valence-corrected chi connectivity index (χ4v) is 3.98. The van der Waals surface area contributed by atoms with Crippen LogP contribution in [0.1, 0.15) is 0 Å². The molecule has 15 atom stereocenters. The molecular weight excluding hydrogens is 520 g/mol. The molecule has 0 aromatic carbocycles. The number of aliphatic carboxylic acids is 3. The van der Waals surface area contributed by atoms with E-state index in [-0.39, 0.29) is 0 Å². The summed E-state index contributed by atoms with van der Waals surface area (Å²) < 4.78 is 24.8. The van der Waals surface area contributed by atoms with Crippen molar-refractivity contribution in [2.45, 2.75) is 92.1 Å². The summed E-state index contributed by atoms with van der Waals surface area (Å²) in [5.74, 6) is -5.46. The molecule has 3 rings (SSSR count). The van der Waals surface area contributed by atoms with Gasteiger partial charge in [0.05, 0.1) is 0 Å². The van der Waals surface area contributed by atoms with Gasteiger partial charge in [0.1, 0.15) is 54.9 Å². The van der Waals surface area contributed by atoms with Gasteiger partial charge in [-0.2, -0.15) is 0 Å². The molecule has 0 radical (unpaired) electrons. The summed E-state index contributed by atoms with van der Waals surface area (Å²) in [6, 6.07) is 0. The summed E-state index contributed by atoms with van der Waals surface area (Å²) in [5, 5.41) is 108. The molecule has 0 amide bonds. The van der Waals surface area contributed by atoms with E-state index in [1.807, 2.05) is 0 Å². The Morgan fingerprint density at radius 3 is 1.30 bits per heavy atom. The highest BCUT2D eigenvalue weighted by Gasteiger charge is 2.56. The second-order valence-corrected chi connectivity index (χ2v) is 8.45. The number of carboxylic acid groups (broad SMARTS) is 3. The van der Waals surface area contributed by atoms with Crippen molar-refractivity contribution < 1.29 is 94.2 Å². The summed E-state index contributed by atoms with van der Waals surface area (Å²) in [6.45, 7) is 0. The van der Waals surface area contributed by atoms with Crippen LogP contribution in [0.15, 0.2) is 0 Å². The van der Waals surface area contributed by atoms with Crippen molar-refractivity contribution in [3.8, 4) is 0 Å². The Morgan fingerprint density at radius 2 is 0.838 bits per heavy atom. The first-order valence-electron chi connectivity index (χ1n) is 10.6. The Bertz CT molecular complexity index is 853. The standard InChI is InChI=1S/C18H26O19/c19-1-2(20)10(13(26)27)36-17(6(1)24)35-9-4(22)7(25)18(37-12(9)15(30)31)34-8-3(21)5(23)16(32)33-11(8)14(28)29/h1-12,16-25,32H,(H,26,27)(H,28,29)(H,30,31)/t1-,2-,3?,4+,5-,6-,7-,8-,9-,10-,11+,12+,16+,17+,18+/m0/s1. The summed E-state index contributed by atoms with van der Waals surface area (Å²) in [6.07, 6.45) is -32.5. The van der Waals surface area contributed by atoms with E-state index in [1.165, 1.54) is 0 Å². The molecule has 0 aromatic rings. The van der Waals surface area contributed by atoms with E-state index in [1.54, 1.807) is 0 Å². The zero-order valence-electron chi connectivity index (χ0n) is 18.3. The SMILES string of the molecule is O=C(O)[C@H]1O[C@@H](O[C@H]2[C@H](O)[C@H](O)[C@H](O[C@H]3C(O)[C@H](O)[C@H](O)O[C@H]3C(=O)O)O[C@H]2C(=O)O)[C@@H](O)[C@@H](O)[C@@H]1O. The molecule has 0 spiro atoms. The molecule has 0 aromatic heterocycles. The molecule has 0 bridgehead atoms. The van der Waals surface area contributed by atoms with Crippen molar-refractivity contribution in [3.05, 3.63) is 0 Å². The number of rotatable bonds is 7. The van der Waals surface area contributed by atoms with E-state index in [9.17, 15) is 65.4 Å². The highest BCUT2D eigenvalue weighted by Crippen LogP contribution is 2.32. The van der Waals surface area contributed by atoms with Gasteiger partial charge in [0.2, 0.25) is 0 Å². The Kier molecular flexibility index (Phi) is 9.01. The average molecular weight is 546 g/mol. The first kappa shape index (κ1) is 29.4. The van der Waals surface area contributed by atoms with E-state index in [0.29, 0.717) is 0 Å². The number of hydrogen-bond acceptors (Lipinski definition) is 16. The minimum absolute atomic E-state index is 1.79. The molecule has 3 aliphatic heterocycles. The van der Waals surface area contributed by atoms with Crippen LogP contribution in [0.4, 0.5) is 0 Å². The largest absolute Gasteiger partial charge is 0.479 e. The van der Waals surface area contributed by atoms with Crippen molar-refractivity contribution in [2.24, 2.45) is 0 Å². The zero-order chi connectivity index (χ0) is 27.9. The van der Waals surface area contributed by atoms with Crippen LogP contribution >= 0.6 is 0 Å². The van der Waals surface area contributed by atoms with Gasteiger partial charge in [0, 0.05) is 0 Å². The van der Waals surface area contributed by atoms with Gasteiger partial charge in [-0.3, -0.25) is 0 Å². The minimum atomic E-state index is -2.29. The summed E-state index contributed by atoms with van der Waals surface area (Å²) >= 11 is 0. The quantitative estimate of drug-likeness (QED) is 0.141. The average Bonchev–Trinajstić information content (AvgIpc) is 2.82. The molecule has 212 valence electrons. The molecule has 19 nitrogen and oxygen atoms in total. The van der Waals surface area contributed by atoms with Crippen molar-refractivity contribution >= 4 is 17.9 Å². The van der Waals surface area contributed by atoms with Crippen molar-refractivity contribution in [1.82, 2.24) is 0 Å². The van der Waals surface area contributed by atoms with Gasteiger partial charge in [-0.05, 0) is 0 Å². The Balaban J connectivity index is 1.81. The summed E-state index contributed by atoms with van der Waals surface area (Å²) in [4.78, 5) is 34.5. The molecule has 3 saturated heterocycles. The topological polar surface area (TPSA) is 320 Å². The molecule has 1 unspecified atom stereocenters. The maximum Gasteiger partial charge on any atom is 0.335 e. The number of carbonyl (C=O) groups is 3. The maximum absolute atomic E-state index is 11.8. The van der Waals surface area contributed by atoms with Gasteiger partial charge in [-0.25, -0.2) is 14.4 Å². The fourth-order valence-electron chi connectivity index (χ4n) is 3.98. The molecule has 19 heteroatoms. The van der Waals surface area contributed by atoms with E-state index < -0.39 is 110 Å². The summed E-state index contributed by atoms with van der Waals surface area (Å²) in [7, 11) is 0. The first-order chi connectivity index (χ1) is 17.2. The van der Waals surface area contributed by atoms with Crippen LogP contribution in [-0.2, 0) is 38.1 Å². The summed E-state index contributed by atoms with van der Waals surface area (Å²) in [5.41, 5.74) is 0. The number of carboxylic acids is 3. The molecule has 3 heterocycles. The lowest BCUT2D eigenvalue weighted by atomic mass is 9.95. The molecule has 0 aliphatic carbocycles. The van der Waals surface area contributed by atoms with Gasteiger partial charge in [0.15, 0.2) is 37.2 Å². The normalized spacial score (nSPS) is 48.8. The van der Waals surface area contributed by atoms with Crippen LogP contribution in [0, 0.1) is 0 Å².